The molecule has 7 N–H and O–H groups in total. The Hall–Kier alpha value is -2.78. The van der Waals surface area contributed by atoms with E-state index in [1.807, 2.05) is 0 Å². The molecule has 8 rings (SSSR count). The Morgan fingerprint density at radius 3 is 2.68 bits per heavy atom. The maximum absolute atomic E-state index is 13.4. The highest BCUT2D eigenvalue weighted by atomic mass is 32.5. The Balaban J connectivity index is 1.15. The lowest BCUT2D eigenvalue weighted by Crippen LogP contribution is -2.38. The summed E-state index contributed by atoms with van der Waals surface area (Å²) in [6.45, 7) is -4.06. The van der Waals surface area contributed by atoms with E-state index in [2.05, 4.69) is 29.9 Å². The van der Waals surface area contributed by atoms with E-state index in [4.69, 9.17) is 40.4 Å². The van der Waals surface area contributed by atoms with Gasteiger partial charge in [0.1, 0.15) is 36.0 Å². The molecule has 2 unspecified atom stereocenters. The number of aromatic amines is 1. The Labute approximate surface area is 268 Å². The van der Waals surface area contributed by atoms with E-state index in [0.717, 1.165) is 0 Å². The zero-order valence-electron chi connectivity index (χ0n) is 24.3. The van der Waals surface area contributed by atoms with Gasteiger partial charge >= 0.3 is 14.5 Å². The first kappa shape index (κ1) is 31.5. The molecule has 0 aromatic carbocycles. The van der Waals surface area contributed by atoms with E-state index in [1.54, 1.807) is 11.5 Å². The highest BCUT2D eigenvalue weighted by molar-refractivity contribution is 8.07. The second kappa shape index (κ2) is 10.9. The van der Waals surface area contributed by atoms with Crippen LogP contribution in [0.2, 0.25) is 0 Å². The molecule has 4 aliphatic rings. The standard InChI is InChI=1S/C24H29N9O11P2S/c1-9-30-21-14(22(36)31-9)29-8-33(21)23-17-10(3-34)12(42-23)4-40-45(37,38)44-18-16(35)15(11-2-24(11,18)5-41-46(39,47)43-17)32-7-28-13-19(25)26-6-27-20(13)32/h6-8,10-12,15-18,23,34-35H,2-5H2,1H3,(H,37,38)(H,39,47)(H2,25,26,27)(H,30,31,36)/t10-,11-,12-,15-,16+,17-,18+,23-,24-,46?/m1/s1. The van der Waals surface area contributed by atoms with Crippen molar-refractivity contribution >= 4 is 54.5 Å². The quantitative estimate of drug-likeness (QED) is 0.145. The van der Waals surface area contributed by atoms with Gasteiger partial charge in [-0.3, -0.25) is 18.4 Å². The van der Waals surface area contributed by atoms with Crippen molar-refractivity contribution in [2.75, 3.05) is 25.6 Å². The number of imidazole rings is 2. The van der Waals surface area contributed by atoms with E-state index in [-0.39, 0.29) is 23.6 Å². The number of phosphoric acid groups is 1. The van der Waals surface area contributed by atoms with Crippen molar-refractivity contribution in [1.82, 2.24) is 39.0 Å². The predicted molar refractivity (Wildman–Crippen MR) is 161 cm³/mol. The third-order valence-electron chi connectivity index (χ3n) is 9.46. The summed E-state index contributed by atoms with van der Waals surface area (Å²) in [5.74, 6) is -0.944. The van der Waals surface area contributed by atoms with Gasteiger partial charge in [0.25, 0.3) is 5.56 Å². The van der Waals surface area contributed by atoms with Gasteiger partial charge < -0.3 is 49.1 Å². The monoisotopic (exact) mass is 713 g/mol. The Bertz CT molecular complexity index is 2060. The van der Waals surface area contributed by atoms with E-state index in [9.17, 15) is 29.4 Å². The molecule has 11 atom stereocenters. The van der Waals surface area contributed by atoms with E-state index >= 15 is 0 Å². The summed E-state index contributed by atoms with van der Waals surface area (Å²) in [4.78, 5) is 58.3. The molecule has 2 aliphatic heterocycles. The summed E-state index contributed by atoms with van der Waals surface area (Å²) in [6, 6.07) is -0.746. The van der Waals surface area contributed by atoms with Gasteiger partial charge in [0.2, 0.25) is 0 Å². The van der Waals surface area contributed by atoms with Crippen molar-refractivity contribution in [3.8, 4) is 0 Å². The van der Waals surface area contributed by atoms with Crippen LogP contribution in [0, 0.1) is 24.2 Å². The van der Waals surface area contributed by atoms with Crippen molar-refractivity contribution in [2.24, 2.45) is 17.3 Å². The fraction of sp³-hybridized carbons (Fsp3) is 0.583. The number of ether oxygens (including phenoxy) is 1. The molecule has 4 aromatic rings. The van der Waals surface area contributed by atoms with Crippen LogP contribution >= 0.6 is 14.5 Å². The van der Waals surface area contributed by atoms with Crippen molar-refractivity contribution < 1.29 is 47.4 Å². The van der Waals surface area contributed by atoms with Gasteiger partial charge in [0.05, 0.1) is 44.6 Å². The first-order chi connectivity index (χ1) is 22.3. The summed E-state index contributed by atoms with van der Waals surface area (Å²) < 4.78 is 45.5. The van der Waals surface area contributed by atoms with Crippen LogP contribution in [0.3, 0.4) is 0 Å². The molecular weight excluding hydrogens is 684 g/mol. The number of hydrogen-bond donors (Lipinski definition) is 6. The molecule has 0 amide bonds. The van der Waals surface area contributed by atoms with Crippen LogP contribution in [0.25, 0.3) is 22.3 Å². The van der Waals surface area contributed by atoms with E-state index < -0.39 is 87.3 Å². The molecule has 2 aliphatic carbocycles. The highest BCUT2D eigenvalue weighted by Crippen LogP contribution is 2.72. The first-order valence-electron chi connectivity index (χ1n) is 14.4. The van der Waals surface area contributed by atoms with Gasteiger partial charge in [-0.15, -0.1) is 0 Å². The Kier molecular flexibility index (Phi) is 7.28. The number of aryl methyl sites for hydroxylation is 1. The van der Waals surface area contributed by atoms with Crippen LogP contribution in [-0.2, 0) is 39.2 Å². The fourth-order valence-corrected chi connectivity index (χ4v) is 9.73. The molecule has 23 heteroatoms. The van der Waals surface area contributed by atoms with E-state index in [1.165, 1.54) is 23.5 Å². The Morgan fingerprint density at radius 1 is 1.13 bits per heavy atom. The number of nitrogens with zero attached hydrogens (tertiary/aromatic N) is 7. The topological polar surface area (TPSA) is 277 Å². The second-order valence-electron chi connectivity index (χ2n) is 12.1. The zero-order valence-corrected chi connectivity index (χ0v) is 26.9. The minimum atomic E-state index is -4.91. The van der Waals surface area contributed by atoms with E-state index in [0.29, 0.717) is 23.4 Å². The number of nitrogen functional groups attached to an aromatic ring is 1. The normalized spacial score (nSPS) is 40.4. The number of aromatic nitrogens is 8. The maximum Gasteiger partial charge on any atom is 0.472 e. The summed E-state index contributed by atoms with van der Waals surface area (Å²) >= 11 is 5.43. The number of rotatable bonds is 3. The minimum absolute atomic E-state index is 0.000347. The molecule has 6 heterocycles. The lowest BCUT2D eigenvalue weighted by atomic mass is 9.99. The van der Waals surface area contributed by atoms with Crippen LogP contribution in [0.5, 0.6) is 0 Å². The van der Waals surface area contributed by atoms with Crippen molar-refractivity contribution in [2.45, 2.75) is 50.0 Å². The van der Waals surface area contributed by atoms with Gasteiger partial charge in [-0.2, -0.15) is 0 Å². The van der Waals surface area contributed by atoms with Crippen LogP contribution in [0.4, 0.5) is 5.82 Å². The number of fused-ring (bicyclic) bond motifs is 4. The largest absolute Gasteiger partial charge is 0.472 e. The zero-order chi connectivity index (χ0) is 33.0. The molecule has 2 saturated carbocycles. The number of nitrogens with one attached hydrogen (secondary N) is 1. The number of nitrogens with two attached hydrogens (primary N) is 1. The molecule has 4 fully saturated rings. The molecule has 0 radical (unpaired) electrons. The number of phosphoric ester groups is 1. The average Bonchev–Trinajstić information content (AvgIpc) is 3.30. The number of aliphatic hydroxyl groups is 2. The molecular formula is C24H29N9O11P2S. The number of H-pyrrole nitrogens is 1. The molecule has 252 valence electrons. The number of anilines is 1. The van der Waals surface area contributed by atoms with Gasteiger partial charge in [-0.05, 0) is 31.1 Å². The molecule has 20 nitrogen and oxygen atoms in total. The lowest BCUT2D eigenvalue weighted by Gasteiger charge is -2.31. The van der Waals surface area contributed by atoms with Gasteiger partial charge in [-0.1, -0.05) is 0 Å². The van der Waals surface area contributed by atoms with Crippen molar-refractivity contribution in [1.29, 1.82) is 0 Å². The summed E-state index contributed by atoms with van der Waals surface area (Å²) in [5, 5.41) is 22.0. The van der Waals surface area contributed by atoms with Gasteiger partial charge in [0, 0.05) is 11.3 Å². The second-order valence-corrected chi connectivity index (χ2v) is 16.3. The Morgan fingerprint density at radius 2 is 1.89 bits per heavy atom. The molecule has 47 heavy (non-hydrogen) atoms. The predicted octanol–water partition coefficient (Wildman–Crippen LogP) is -0.588. The molecule has 2 bridgehead atoms. The summed E-state index contributed by atoms with van der Waals surface area (Å²) in [7, 11) is -4.91. The van der Waals surface area contributed by atoms with Crippen LogP contribution in [-0.4, -0.2) is 103 Å². The van der Waals surface area contributed by atoms with Gasteiger partial charge in [0.15, 0.2) is 28.9 Å². The number of hydrogen-bond acceptors (Lipinski definition) is 16. The minimum Gasteiger partial charge on any atom is -0.396 e. The van der Waals surface area contributed by atoms with Crippen LogP contribution in [0.1, 0.15) is 24.5 Å². The fourth-order valence-electron chi connectivity index (χ4n) is 7.23. The van der Waals surface area contributed by atoms with Crippen LogP contribution in [0.15, 0.2) is 23.8 Å². The molecule has 1 spiro atoms. The van der Waals surface area contributed by atoms with Crippen molar-refractivity contribution in [3.63, 3.8) is 0 Å². The smallest absolute Gasteiger partial charge is 0.396 e. The summed E-state index contributed by atoms with van der Waals surface area (Å²) in [5.41, 5.74) is 5.14. The van der Waals surface area contributed by atoms with Crippen molar-refractivity contribution in [3.05, 3.63) is 35.2 Å². The lowest BCUT2D eigenvalue weighted by molar-refractivity contribution is -0.0636. The molecule has 4 aromatic heterocycles. The van der Waals surface area contributed by atoms with Gasteiger partial charge in [-0.25, -0.2) is 29.5 Å². The first-order valence-corrected chi connectivity index (χ1v) is 18.5. The third-order valence-corrected chi connectivity index (χ3v) is 12.0. The maximum atomic E-state index is 13.4. The molecule has 2 saturated heterocycles. The highest BCUT2D eigenvalue weighted by Gasteiger charge is 2.74. The summed E-state index contributed by atoms with van der Waals surface area (Å²) in [6.07, 6.45) is -1.88. The SMILES string of the molecule is Cc1nc2c(ncn2[C@@H]2O[C@@H]3COP(=O)(O)O[C@H]4[C@@H](O)[C@H](n5cnc6c(N)ncnc65)[C@H]5C[C@@]54COP(O)(=S)O[C@@H]2[C@@H]3CO)c(=O)[nH]1. The average molecular weight is 714 g/mol. The van der Waals surface area contributed by atoms with Crippen LogP contribution < -0.4 is 11.3 Å². The number of aliphatic hydroxyl groups excluding tert-OH is 2. The third kappa shape index (κ3) is 5.00.